The summed E-state index contributed by atoms with van der Waals surface area (Å²) in [6.07, 6.45) is 5.79. The third-order valence-corrected chi connectivity index (χ3v) is 9.14. The normalized spacial score (nSPS) is 25.0. The van der Waals surface area contributed by atoms with Crippen LogP contribution in [0.1, 0.15) is 39.0 Å². The Hall–Kier alpha value is -2.26. The first kappa shape index (κ1) is 19.7. The van der Waals surface area contributed by atoms with E-state index in [9.17, 15) is 4.39 Å². The Morgan fingerprint density at radius 2 is 1.57 bits per heavy atom. The van der Waals surface area contributed by atoms with Crippen molar-refractivity contribution >= 4 is 10.9 Å². The number of rotatable bonds is 6. The molecule has 2 aliphatic rings. The lowest BCUT2D eigenvalue weighted by atomic mass is 9.82. The highest BCUT2D eigenvalue weighted by molar-refractivity contribution is 7.97. The zero-order valence-corrected chi connectivity index (χ0v) is 18.2. The Kier molecular flexibility index (Phi) is 5.32. The van der Waals surface area contributed by atoms with Crippen LogP contribution in [-0.2, 0) is 10.9 Å². The van der Waals surface area contributed by atoms with Crippen LogP contribution in [0.15, 0.2) is 93.5 Å². The highest BCUT2D eigenvalue weighted by Gasteiger charge is 2.52. The Balaban J connectivity index is 1.54. The molecule has 154 valence electrons. The molecule has 0 spiro atoms. The second-order valence-corrected chi connectivity index (χ2v) is 10.7. The summed E-state index contributed by atoms with van der Waals surface area (Å²) in [5.74, 6) is 1.49. The van der Waals surface area contributed by atoms with Crippen LogP contribution in [0.2, 0.25) is 0 Å². The highest BCUT2D eigenvalue weighted by Crippen LogP contribution is 2.54. The molecule has 3 aromatic rings. The monoisotopic (exact) mass is 419 g/mol. The molecule has 0 amide bonds. The van der Waals surface area contributed by atoms with Crippen molar-refractivity contribution in [3.8, 4) is 5.75 Å². The van der Waals surface area contributed by atoms with Gasteiger partial charge in [0.15, 0.2) is 26.3 Å². The van der Waals surface area contributed by atoms with E-state index in [4.69, 9.17) is 4.74 Å². The van der Waals surface area contributed by atoms with Crippen LogP contribution in [0.3, 0.4) is 0 Å². The van der Waals surface area contributed by atoms with E-state index in [0.29, 0.717) is 11.7 Å². The van der Waals surface area contributed by atoms with Crippen LogP contribution in [0.25, 0.3) is 0 Å². The minimum Gasteiger partial charge on any atom is -0.484 e. The van der Waals surface area contributed by atoms with Gasteiger partial charge in [0, 0.05) is 6.07 Å². The standard InChI is InChI=1S/C27H28FOS/c1-2-27(19-20-13-14-21(27)17-20)29-26-18-24(15-16-25(26)28)30(22-9-5-3-6-10-22)23-11-7-4-8-12-23/h3-12,15-16,18,20-21H,2,13-14,17,19H2,1H3/q+1. The number of benzene rings is 3. The van der Waals surface area contributed by atoms with Crippen LogP contribution in [-0.4, -0.2) is 5.60 Å². The highest BCUT2D eigenvalue weighted by atomic mass is 32.2. The fourth-order valence-corrected chi connectivity index (χ4v) is 7.56. The summed E-state index contributed by atoms with van der Waals surface area (Å²) in [5, 5.41) is 0. The number of hydrogen-bond donors (Lipinski definition) is 0. The topological polar surface area (TPSA) is 9.23 Å². The number of hydrogen-bond acceptors (Lipinski definition) is 1. The third kappa shape index (κ3) is 3.54. The van der Waals surface area contributed by atoms with Gasteiger partial charge in [-0.1, -0.05) is 43.3 Å². The largest absolute Gasteiger partial charge is 0.484 e. The molecule has 2 fully saturated rings. The lowest BCUT2D eigenvalue weighted by Crippen LogP contribution is -2.41. The van der Waals surface area contributed by atoms with Crippen molar-refractivity contribution < 1.29 is 9.13 Å². The average molecular weight is 420 g/mol. The summed E-state index contributed by atoms with van der Waals surface area (Å²) in [4.78, 5) is 3.55. The van der Waals surface area contributed by atoms with E-state index in [1.54, 1.807) is 6.07 Å². The molecule has 1 nitrogen and oxygen atoms in total. The van der Waals surface area contributed by atoms with Crippen molar-refractivity contribution in [3.63, 3.8) is 0 Å². The number of halogens is 1. The lowest BCUT2D eigenvalue weighted by molar-refractivity contribution is 0.00598. The van der Waals surface area contributed by atoms with E-state index >= 15 is 0 Å². The molecule has 0 saturated heterocycles. The van der Waals surface area contributed by atoms with Gasteiger partial charge in [-0.2, -0.15) is 0 Å². The van der Waals surface area contributed by atoms with Crippen molar-refractivity contribution in [2.75, 3.05) is 0 Å². The van der Waals surface area contributed by atoms with Gasteiger partial charge in [-0.05, 0) is 80.3 Å². The molecular weight excluding hydrogens is 391 g/mol. The molecule has 3 unspecified atom stereocenters. The van der Waals surface area contributed by atoms with Crippen molar-refractivity contribution in [3.05, 3.63) is 84.7 Å². The van der Waals surface area contributed by atoms with Gasteiger partial charge in [-0.3, -0.25) is 0 Å². The zero-order valence-electron chi connectivity index (χ0n) is 17.4. The fourth-order valence-electron chi connectivity index (χ4n) is 5.45. The van der Waals surface area contributed by atoms with E-state index in [1.165, 1.54) is 29.1 Å². The average Bonchev–Trinajstić information content (AvgIpc) is 3.39. The molecule has 2 saturated carbocycles. The minimum absolute atomic E-state index is 0.194. The second-order valence-electron chi connectivity index (χ2n) is 8.63. The predicted molar refractivity (Wildman–Crippen MR) is 121 cm³/mol. The third-order valence-electron chi connectivity index (χ3n) is 6.93. The van der Waals surface area contributed by atoms with E-state index in [0.717, 1.165) is 23.7 Å². The van der Waals surface area contributed by atoms with Crippen molar-refractivity contribution in [1.29, 1.82) is 0 Å². The molecule has 0 N–H and O–H groups in total. The van der Waals surface area contributed by atoms with E-state index in [2.05, 4.69) is 55.5 Å². The van der Waals surface area contributed by atoms with Gasteiger partial charge in [-0.25, -0.2) is 4.39 Å². The molecule has 30 heavy (non-hydrogen) atoms. The Labute approximate surface area is 181 Å². The van der Waals surface area contributed by atoms with Crippen LogP contribution in [0.5, 0.6) is 5.75 Å². The van der Waals surface area contributed by atoms with E-state index in [-0.39, 0.29) is 22.3 Å². The van der Waals surface area contributed by atoms with E-state index in [1.807, 2.05) is 24.3 Å². The van der Waals surface area contributed by atoms with Crippen molar-refractivity contribution in [2.24, 2.45) is 11.8 Å². The minimum atomic E-state index is -0.300. The van der Waals surface area contributed by atoms with Crippen LogP contribution in [0.4, 0.5) is 4.39 Å². The number of ether oxygens (including phenoxy) is 1. The maximum Gasteiger partial charge on any atom is 0.170 e. The Bertz CT molecular complexity index is 966. The molecular formula is C27H28FOS+. The summed E-state index contributed by atoms with van der Waals surface area (Å²) >= 11 is 0. The second kappa shape index (κ2) is 8.11. The predicted octanol–water partition coefficient (Wildman–Crippen LogP) is 7.27. The van der Waals surface area contributed by atoms with Crippen molar-refractivity contribution in [2.45, 2.75) is 59.3 Å². The summed E-state index contributed by atoms with van der Waals surface area (Å²) in [6.45, 7) is 2.20. The van der Waals surface area contributed by atoms with Crippen LogP contribution >= 0.6 is 0 Å². The van der Waals surface area contributed by atoms with Gasteiger partial charge >= 0.3 is 0 Å². The lowest BCUT2D eigenvalue weighted by Gasteiger charge is -2.37. The van der Waals surface area contributed by atoms with Gasteiger partial charge in [0.05, 0.1) is 10.9 Å². The van der Waals surface area contributed by atoms with E-state index < -0.39 is 0 Å². The molecule has 2 bridgehead atoms. The quantitative estimate of drug-likeness (QED) is 0.382. The molecule has 0 aromatic heterocycles. The van der Waals surface area contributed by atoms with Crippen molar-refractivity contribution in [1.82, 2.24) is 0 Å². The van der Waals surface area contributed by atoms with Gasteiger partial charge in [0.25, 0.3) is 0 Å². The molecule has 5 rings (SSSR count). The number of fused-ring (bicyclic) bond motifs is 2. The first-order valence-electron chi connectivity index (χ1n) is 11.0. The first-order chi connectivity index (χ1) is 14.7. The summed E-state index contributed by atoms with van der Waals surface area (Å²) in [5.41, 5.74) is -0.194. The van der Waals surface area contributed by atoms with Crippen LogP contribution in [0, 0.1) is 17.7 Å². The first-order valence-corrected chi connectivity index (χ1v) is 12.2. The molecule has 3 heteroatoms. The zero-order chi connectivity index (χ0) is 20.6. The summed E-state index contributed by atoms with van der Waals surface area (Å²) < 4.78 is 21.5. The molecule has 0 radical (unpaired) electrons. The molecule has 3 aromatic carbocycles. The molecule has 2 aliphatic carbocycles. The van der Waals surface area contributed by atoms with Gasteiger partial charge < -0.3 is 4.74 Å². The SMILES string of the molecule is CCC1(Oc2cc([S+](c3ccccc3)c3ccccc3)ccc2F)CC2CCC1C2. The molecule has 3 atom stereocenters. The fraction of sp³-hybridized carbons (Fsp3) is 0.333. The van der Waals surface area contributed by atoms with Gasteiger partial charge in [0.1, 0.15) is 5.60 Å². The van der Waals surface area contributed by atoms with Gasteiger partial charge in [-0.15, -0.1) is 0 Å². The Morgan fingerprint density at radius 3 is 2.10 bits per heavy atom. The maximum atomic E-state index is 14.9. The molecule has 0 aliphatic heterocycles. The summed E-state index contributed by atoms with van der Waals surface area (Å²) in [7, 11) is -0.300. The van der Waals surface area contributed by atoms with Crippen LogP contribution < -0.4 is 4.74 Å². The summed E-state index contributed by atoms with van der Waals surface area (Å²) in [6, 6.07) is 26.5. The smallest absolute Gasteiger partial charge is 0.170 e. The maximum absolute atomic E-state index is 14.9. The van der Waals surface area contributed by atoms with Gasteiger partial charge in [0.2, 0.25) is 0 Å². The molecule has 0 heterocycles. The Morgan fingerprint density at radius 1 is 0.900 bits per heavy atom.